The number of halogens is 1. The van der Waals surface area contributed by atoms with Crippen molar-refractivity contribution >= 4 is 0 Å². The van der Waals surface area contributed by atoms with E-state index in [1.54, 1.807) is 7.11 Å². The molecule has 0 aliphatic heterocycles. The van der Waals surface area contributed by atoms with Crippen molar-refractivity contribution in [3.63, 3.8) is 0 Å². The summed E-state index contributed by atoms with van der Waals surface area (Å²) >= 11 is 0. The van der Waals surface area contributed by atoms with Gasteiger partial charge < -0.3 is 9.47 Å². The van der Waals surface area contributed by atoms with Crippen molar-refractivity contribution in [3.05, 3.63) is 29.6 Å². The first-order valence-corrected chi connectivity index (χ1v) is 4.09. The number of nitrogens with zero attached hydrogens (tertiary/aromatic N) is 1. The molecule has 0 spiro atoms. The fourth-order valence-corrected chi connectivity index (χ4v) is 0.922. The first-order chi connectivity index (χ1) is 6.77. The van der Waals surface area contributed by atoms with E-state index in [1.165, 1.54) is 12.1 Å². The number of ether oxygens (including phenoxy) is 2. The predicted octanol–water partition coefficient (Wildman–Crippen LogP) is 1.72. The highest BCUT2D eigenvalue weighted by molar-refractivity contribution is 5.35. The third-order valence-electron chi connectivity index (χ3n) is 1.61. The molecule has 0 aromatic heterocycles. The van der Waals surface area contributed by atoms with Crippen molar-refractivity contribution < 1.29 is 13.9 Å². The Morgan fingerprint density at radius 1 is 1.43 bits per heavy atom. The molecule has 0 aliphatic rings. The zero-order chi connectivity index (χ0) is 10.4. The van der Waals surface area contributed by atoms with Gasteiger partial charge in [-0.1, -0.05) is 0 Å². The third-order valence-corrected chi connectivity index (χ3v) is 1.61. The molecule has 1 aromatic rings. The largest absolute Gasteiger partial charge is 0.488 e. The number of hydrogen-bond donors (Lipinski definition) is 0. The molecule has 0 atom stereocenters. The van der Waals surface area contributed by atoms with Gasteiger partial charge in [-0.25, -0.2) is 4.39 Å². The Morgan fingerprint density at radius 2 is 2.21 bits per heavy atom. The molecule has 0 fully saturated rings. The van der Waals surface area contributed by atoms with E-state index >= 15 is 0 Å². The SMILES string of the molecule is COCCOc1ccc(C#N)cc1F. The van der Waals surface area contributed by atoms with E-state index in [-0.39, 0.29) is 11.3 Å². The van der Waals surface area contributed by atoms with E-state index in [1.807, 2.05) is 6.07 Å². The normalized spacial score (nSPS) is 9.50. The van der Waals surface area contributed by atoms with E-state index in [0.717, 1.165) is 6.07 Å². The molecule has 0 bridgehead atoms. The monoisotopic (exact) mass is 195 g/mol. The van der Waals surface area contributed by atoms with Gasteiger partial charge in [0.25, 0.3) is 0 Å². The second-order valence-electron chi connectivity index (χ2n) is 2.60. The van der Waals surface area contributed by atoms with Gasteiger partial charge in [-0.15, -0.1) is 0 Å². The Balaban J connectivity index is 2.65. The van der Waals surface area contributed by atoms with E-state index in [4.69, 9.17) is 14.7 Å². The highest BCUT2D eigenvalue weighted by atomic mass is 19.1. The molecule has 1 aromatic carbocycles. The molecule has 0 amide bonds. The Kier molecular flexibility index (Phi) is 3.89. The molecule has 0 aliphatic carbocycles. The van der Waals surface area contributed by atoms with Crippen molar-refractivity contribution in [2.45, 2.75) is 0 Å². The lowest BCUT2D eigenvalue weighted by Crippen LogP contribution is -2.05. The van der Waals surface area contributed by atoms with Gasteiger partial charge in [0.2, 0.25) is 0 Å². The summed E-state index contributed by atoms with van der Waals surface area (Å²) in [6.45, 7) is 0.693. The Labute approximate surface area is 81.7 Å². The molecule has 0 N–H and O–H groups in total. The van der Waals surface area contributed by atoms with Gasteiger partial charge in [0.15, 0.2) is 11.6 Å². The van der Waals surface area contributed by atoms with Crippen LogP contribution in [0.3, 0.4) is 0 Å². The summed E-state index contributed by atoms with van der Waals surface area (Å²) in [6, 6.07) is 5.92. The molecule has 1 rings (SSSR count). The number of hydrogen-bond acceptors (Lipinski definition) is 3. The first kappa shape index (κ1) is 10.5. The topological polar surface area (TPSA) is 42.2 Å². The van der Waals surface area contributed by atoms with Crippen LogP contribution in [-0.2, 0) is 4.74 Å². The van der Waals surface area contributed by atoms with Crippen LogP contribution in [0.2, 0.25) is 0 Å². The second kappa shape index (κ2) is 5.20. The average Bonchev–Trinajstić information content (AvgIpc) is 2.20. The molecule has 0 radical (unpaired) electrons. The van der Waals surface area contributed by atoms with Crippen LogP contribution in [0, 0.1) is 17.1 Å². The van der Waals surface area contributed by atoms with Crippen molar-refractivity contribution in [1.82, 2.24) is 0 Å². The fourth-order valence-electron chi connectivity index (χ4n) is 0.922. The highest BCUT2D eigenvalue weighted by Gasteiger charge is 2.03. The summed E-state index contributed by atoms with van der Waals surface area (Å²) in [5.74, 6) is -0.388. The summed E-state index contributed by atoms with van der Waals surface area (Å²) in [6.07, 6.45) is 0. The van der Waals surface area contributed by atoms with Crippen LogP contribution in [-0.4, -0.2) is 20.3 Å². The minimum absolute atomic E-state index is 0.140. The predicted molar refractivity (Wildman–Crippen MR) is 48.5 cm³/mol. The maximum atomic E-state index is 13.1. The van der Waals surface area contributed by atoms with Gasteiger partial charge in [0, 0.05) is 7.11 Å². The fraction of sp³-hybridized carbons (Fsp3) is 0.300. The second-order valence-corrected chi connectivity index (χ2v) is 2.60. The number of benzene rings is 1. The molecule has 74 valence electrons. The molecule has 14 heavy (non-hydrogen) atoms. The maximum absolute atomic E-state index is 13.1. The zero-order valence-corrected chi connectivity index (χ0v) is 7.79. The van der Waals surface area contributed by atoms with Crippen molar-refractivity contribution in [2.75, 3.05) is 20.3 Å². The van der Waals surface area contributed by atoms with Crippen LogP contribution in [0.1, 0.15) is 5.56 Å². The summed E-state index contributed by atoms with van der Waals surface area (Å²) in [7, 11) is 1.54. The highest BCUT2D eigenvalue weighted by Crippen LogP contribution is 2.17. The average molecular weight is 195 g/mol. The van der Waals surface area contributed by atoms with Gasteiger partial charge in [-0.05, 0) is 18.2 Å². The summed E-state index contributed by atoms with van der Waals surface area (Å²) in [4.78, 5) is 0. The van der Waals surface area contributed by atoms with Gasteiger partial charge in [0.05, 0.1) is 18.2 Å². The zero-order valence-electron chi connectivity index (χ0n) is 7.79. The molecule has 0 saturated carbocycles. The minimum Gasteiger partial charge on any atom is -0.488 e. The quantitative estimate of drug-likeness (QED) is 0.687. The molecule has 0 saturated heterocycles. The first-order valence-electron chi connectivity index (χ1n) is 4.09. The van der Waals surface area contributed by atoms with Crippen LogP contribution < -0.4 is 4.74 Å². The van der Waals surface area contributed by atoms with Crippen LogP contribution in [0.4, 0.5) is 4.39 Å². The lowest BCUT2D eigenvalue weighted by Gasteiger charge is -2.05. The van der Waals surface area contributed by atoms with Crippen LogP contribution in [0.25, 0.3) is 0 Å². The van der Waals surface area contributed by atoms with Crippen LogP contribution in [0.5, 0.6) is 5.75 Å². The Bertz CT molecular complexity index is 346. The van der Waals surface area contributed by atoms with Crippen molar-refractivity contribution in [1.29, 1.82) is 5.26 Å². The molecular weight excluding hydrogens is 185 g/mol. The van der Waals surface area contributed by atoms with Crippen molar-refractivity contribution in [3.8, 4) is 11.8 Å². The summed E-state index contributed by atoms with van der Waals surface area (Å²) in [5, 5.41) is 8.49. The maximum Gasteiger partial charge on any atom is 0.166 e. The van der Waals surface area contributed by atoms with Gasteiger partial charge in [-0.2, -0.15) is 5.26 Å². The number of rotatable bonds is 4. The van der Waals surface area contributed by atoms with E-state index < -0.39 is 5.82 Å². The Hall–Kier alpha value is -1.60. The molecule has 3 nitrogen and oxygen atoms in total. The molecule has 4 heteroatoms. The lowest BCUT2D eigenvalue weighted by molar-refractivity contribution is 0.144. The minimum atomic E-state index is -0.528. The van der Waals surface area contributed by atoms with Gasteiger partial charge in [0.1, 0.15) is 6.61 Å². The van der Waals surface area contributed by atoms with E-state index in [9.17, 15) is 4.39 Å². The third kappa shape index (κ3) is 2.71. The molecular formula is C10H10FNO2. The van der Waals surface area contributed by atoms with Gasteiger partial charge in [-0.3, -0.25) is 0 Å². The van der Waals surface area contributed by atoms with E-state index in [0.29, 0.717) is 13.2 Å². The smallest absolute Gasteiger partial charge is 0.166 e. The molecule has 0 unspecified atom stereocenters. The lowest BCUT2D eigenvalue weighted by atomic mass is 10.2. The van der Waals surface area contributed by atoms with E-state index in [2.05, 4.69) is 0 Å². The summed E-state index contributed by atoms with van der Waals surface area (Å²) in [5.41, 5.74) is 0.279. The van der Waals surface area contributed by atoms with Crippen LogP contribution in [0.15, 0.2) is 18.2 Å². The Morgan fingerprint density at radius 3 is 2.79 bits per heavy atom. The molecule has 0 heterocycles. The summed E-state index contributed by atoms with van der Waals surface area (Å²) < 4.78 is 23.0. The van der Waals surface area contributed by atoms with Gasteiger partial charge >= 0.3 is 0 Å². The number of nitriles is 1. The van der Waals surface area contributed by atoms with Crippen molar-refractivity contribution in [2.24, 2.45) is 0 Å². The number of methoxy groups -OCH3 is 1. The van der Waals surface area contributed by atoms with Crippen LogP contribution >= 0.6 is 0 Å². The standard InChI is InChI=1S/C10H10FNO2/c1-13-4-5-14-10-3-2-8(7-12)6-9(10)11/h2-3,6H,4-5H2,1H3.